The molecule has 2 N–H and O–H groups in total. The van der Waals surface area contributed by atoms with Gasteiger partial charge in [0.05, 0.1) is 0 Å². The minimum absolute atomic E-state index is 0.0219. The van der Waals surface area contributed by atoms with E-state index in [0.717, 1.165) is 31.7 Å². The molecule has 2 aliphatic rings. The third-order valence-corrected chi connectivity index (χ3v) is 5.43. The number of amides is 2. The van der Waals surface area contributed by atoms with Crippen molar-refractivity contribution in [2.24, 2.45) is 5.92 Å². The first-order chi connectivity index (χ1) is 12.6. The van der Waals surface area contributed by atoms with E-state index in [1.807, 2.05) is 12.1 Å². The average Bonchev–Trinajstić information content (AvgIpc) is 3.37. The number of hydrogen-bond acceptors (Lipinski definition) is 4. The number of hydrogen-bond donors (Lipinski definition) is 2. The lowest BCUT2D eigenvalue weighted by Gasteiger charge is -2.30. The summed E-state index contributed by atoms with van der Waals surface area (Å²) in [4.78, 5) is 30.1. The Balaban J connectivity index is 1.45. The number of carbonyl (C=O) groups excluding carboxylic acids is 2. The fourth-order valence-electron chi connectivity index (χ4n) is 3.79. The van der Waals surface area contributed by atoms with Gasteiger partial charge in [0.25, 0.3) is 0 Å². The smallest absolute Gasteiger partial charge is 0.221 e. The van der Waals surface area contributed by atoms with Gasteiger partial charge in [-0.3, -0.25) is 19.5 Å². The van der Waals surface area contributed by atoms with Crippen LogP contribution >= 0.6 is 0 Å². The molecular formula is C20H30N4O2. The highest BCUT2D eigenvalue weighted by molar-refractivity contribution is 5.76. The molecule has 0 aromatic carbocycles. The van der Waals surface area contributed by atoms with E-state index in [0.29, 0.717) is 31.6 Å². The summed E-state index contributed by atoms with van der Waals surface area (Å²) < 4.78 is 0. The van der Waals surface area contributed by atoms with Crippen molar-refractivity contribution in [3.63, 3.8) is 0 Å². The molecule has 0 radical (unpaired) electrons. The van der Waals surface area contributed by atoms with Crippen molar-refractivity contribution in [3.05, 3.63) is 30.1 Å². The lowest BCUT2D eigenvalue weighted by Crippen LogP contribution is -2.45. The molecule has 2 amide bonds. The van der Waals surface area contributed by atoms with Crippen molar-refractivity contribution < 1.29 is 9.59 Å². The monoisotopic (exact) mass is 358 g/mol. The molecule has 6 heteroatoms. The Morgan fingerprint density at radius 3 is 2.54 bits per heavy atom. The largest absolute Gasteiger partial charge is 0.356 e. The second-order valence-electron chi connectivity index (χ2n) is 7.62. The van der Waals surface area contributed by atoms with E-state index in [1.165, 1.54) is 18.4 Å². The van der Waals surface area contributed by atoms with Crippen LogP contribution in [0.2, 0.25) is 0 Å². The van der Waals surface area contributed by atoms with Gasteiger partial charge in [-0.1, -0.05) is 0 Å². The van der Waals surface area contributed by atoms with Crippen LogP contribution in [0, 0.1) is 5.92 Å². The van der Waals surface area contributed by atoms with Crippen molar-refractivity contribution in [3.8, 4) is 0 Å². The highest BCUT2D eigenvalue weighted by Crippen LogP contribution is 2.35. The Kier molecular flexibility index (Phi) is 6.61. The first kappa shape index (κ1) is 18.8. The maximum absolute atomic E-state index is 12.4. The zero-order valence-corrected chi connectivity index (χ0v) is 15.6. The maximum atomic E-state index is 12.4. The van der Waals surface area contributed by atoms with E-state index in [4.69, 9.17) is 0 Å². The molecule has 0 spiro atoms. The molecule has 2 atom stereocenters. The molecule has 3 rings (SSSR count). The van der Waals surface area contributed by atoms with Crippen molar-refractivity contribution in [2.75, 3.05) is 19.6 Å². The predicted molar refractivity (Wildman–Crippen MR) is 100 cm³/mol. The summed E-state index contributed by atoms with van der Waals surface area (Å²) in [7, 11) is 0. The Bertz CT molecular complexity index is 603. The highest BCUT2D eigenvalue weighted by atomic mass is 16.2. The summed E-state index contributed by atoms with van der Waals surface area (Å²) in [6.07, 6.45) is 9.63. The van der Waals surface area contributed by atoms with E-state index in [2.05, 4.69) is 20.5 Å². The van der Waals surface area contributed by atoms with E-state index in [9.17, 15) is 9.59 Å². The minimum atomic E-state index is 0.0219. The highest BCUT2D eigenvalue weighted by Gasteiger charge is 2.37. The topological polar surface area (TPSA) is 74.3 Å². The number of pyridine rings is 1. The number of nitrogens with one attached hydrogen (secondary N) is 2. The molecule has 1 saturated carbocycles. The van der Waals surface area contributed by atoms with Crippen molar-refractivity contribution in [1.82, 2.24) is 20.5 Å². The summed E-state index contributed by atoms with van der Waals surface area (Å²) in [5.41, 5.74) is 1.19. The molecule has 1 saturated heterocycles. The summed E-state index contributed by atoms with van der Waals surface area (Å²) in [6, 6.07) is 4.63. The minimum Gasteiger partial charge on any atom is -0.356 e. The van der Waals surface area contributed by atoms with Crippen LogP contribution in [0.5, 0.6) is 0 Å². The molecule has 0 bridgehead atoms. The SMILES string of the molecule is CC(=O)NC[C@H]1CC[C@@H](CC(=O)NCCc2ccncc2)N1CC1CC1. The van der Waals surface area contributed by atoms with Gasteiger partial charge >= 0.3 is 0 Å². The summed E-state index contributed by atoms with van der Waals surface area (Å²) in [5, 5.41) is 6.01. The van der Waals surface area contributed by atoms with Crippen LogP contribution in [0.4, 0.5) is 0 Å². The molecular weight excluding hydrogens is 328 g/mol. The fourth-order valence-corrected chi connectivity index (χ4v) is 3.79. The Hall–Kier alpha value is -1.95. The second-order valence-corrected chi connectivity index (χ2v) is 7.62. The molecule has 1 aliphatic carbocycles. The maximum Gasteiger partial charge on any atom is 0.221 e. The lowest BCUT2D eigenvalue weighted by molar-refractivity contribution is -0.122. The number of aromatic nitrogens is 1. The van der Waals surface area contributed by atoms with Gasteiger partial charge in [0.1, 0.15) is 0 Å². The van der Waals surface area contributed by atoms with Gasteiger partial charge < -0.3 is 10.6 Å². The van der Waals surface area contributed by atoms with Gasteiger partial charge in [-0.25, -0.2) is 0 Å². The average molecular weight is 358 g/mol. The summed E-state index contributed by atoms with van der Waals surface area (Å²) in [6.45, 7) is 3.99. The van der Waals surface area contributed by atoms with Gasteiger partial charge in [-0.05, 0) is 55.7 Å². The molecule has 142 valence electrons. The summed E-state index contributed by atoms with van der Waals surface area (Å²) >= 11 is 0. The van der Waals surface area contributed by atoms with Gasteiger partial charge in [-0.15, -0.1) is 0 Å². The molecule has 2 heterocycles. The second kappa shape index (κ2) is 9.12. The summed E-state index contributed by atoms with van der Waals surface area (Å²) in [5.74, 6) is 0.934. The van der Waals surface area contributed by atoms with E-state index in [1.54, 1.807) is 19.3 Å². The number of rotatable bonds is 9. The normalized spacial score (nSPS) is 23.0. The zero-order chi connectivity index (χ0) is 18.4. The van der Waals surface area contributed by atoms with Crippen LogP contribution < -0.4 is 10.6 Å². The third-order valence-electron chi connectivity index (χ3n) is 5.43. The lowest BCUT2D eigenvalue weighted by atomic mass is 10.1. The Morgan fingerprint density at radius 2 is 1.85 bits per heavy atom. The molecule has 26 heavy (non-hydrogen) atoms. The number of carbonyl (C=O) groups is 2. The van der Waals surface area contributed by atoms with Crippen molar-refractivity contribution >= 4 is 11.8 Å². The van der Waals surface area contributed by atoms with Crippen molar-refractivity contribution in [2.45, 2.75) is 57.5 Å². The van der Waals surface area contributed by atoms with Gasteiger partial charge in [-0.2, -0.15) is 0 Å². The van der Waals surface area contributed by atoms with E-state index >= 15 is 0 Å². The Labute approximate surface area is 155 Å². The van der Waals surface area contributed by atoms with Crippen LogP contribution in [-0.4, -0.2) is 53.4 Å². The van der Waals surface area contributed by atoms with Crippen LogP contribution in [0.1, 0.15) is 44.6 Å². The van der Waals surface area contributed by atoms with Crippen LogP contribution in [-0.2, 0) is 16.0 Å². The molecule has 0 unspecified atom stereocenters. The molecule has 2 fully saturated rings. The molecule has 1 aliphatic heterocycles. The van der Waals surface area contributed by atoms with Gasteiger partial charge in [0.2, 0.25) is 11.8 Å². The number of likely N-dealkylation sites (tertiary alicyclic amines) is 1. The molecule has 1 aromatic rings. The first-order valence-electron chi connectivity index (χ1n) is 9.77. The Morgan fingerprint density at radius 1 is 1.12 bits per heavy atom. The van der Waals surface area contributed by atoms with E-state index in [-0.39, 0.29) is 11.8 Å². The first-order valence-corrected chi connectivity index (χ1v) is 9.77. The van der Waals surface area contributed by atoms with Gasteiger partial charge in [0.15, 0.2) is 0 Å². The zero-order valence-electron chi connectivity index (χ0n) is 15.6. The van der Waals surface area contributed by atoms with Crippen LogP contribution in [0.25, 0.3) is 0 Å². The number of nitrogens with zero attached hydrogens (tertiary/aromatic N) is 2. The van der Waals surface area contributed by atoms with Crippen molar-refractivity contribution in [1.29, 1.82) is 0 Å². The van der Waals surface area contributed by atoms with Gasteiger partial charge in [0, 0.05) is 57.5 Å². The van der Waals surface area contributed by atoms with Crippen LogP contribution in [0.3, 0.4) is 0 Å². The quantitative estimate of drug-likeness (QED) is 0.702. The standard InChI is InChI=1S/C20H30N4O2/c1-15(25)23-13-19-5-4-18(24(19)14-17-2-3-17)12-20(26)22-11-8-16-6-9-21-10-7-16/h6-7,9-10,17-19H,2-5,8,11-14H2,1H3,(H,22,26)(H,23,25)/t18-,19+/m0/s1. The molecule has 1 aromatic heterocycles. The third kappa shape index (κ3) is 5.80. The van der Waals surface area contributed by atoms with E-state index < -0.39 is 0 Å². The predicted octanol–water partition coefficient (Wildman–Crippen LogP) is 1.51. The molecule has 6 nitrogen and oxygen atoms in total. The fraction of sp³-hybridized carbons (Fsp3) is 0.650. The van der Waals surface area contributed by atoms with Crippen LogP contribution in [0.15, 0.2) is 24.5 Å².